The number of rotatable bonds is 3. The number of nitrogens with one attached hydrogen (secondary N) is 1. The molecule has 0 saturated heterocycles. The molecule has 0 unspecified atom stereocenters. The van der Waals surface area contributed by atoms with Gasteiger partial charge in [-0.1, -0.05) is 6.07 Å². The number of benzene rings is 1. The molecule has 0 aliphatic carbocycles. The van der Waals surface area contributed by atoms with E-state index in [-0.39, 0.29) is 18.2 Å². The van der Waals surface area contributed by atoms with Crippen molar-refractivity contribution in [2.45, 2.75) is 13.0 Å². The Morgan fingerprint density at radius 2 is 2.36 bits per heavy atom. The minimum atomic E-state index is -0.553. The Morgan fingerprint density at radius 3 is 2.93 bits per heavy atom. The lowest BCUT2D eigenvalue weighted by Crippen LogP contribution is -2.20. The summed E-state index contributed by atoms with van der Waals surface area (Å²) in [4.78, 5) is 0. The Kier molecular flexibility index (Phi) is 3.43. The van der Waals surface area contributed by atoms with Gasteiger partial charge in [0.25, 0.3) is 0 Å². The maximum Gasteiger partial charge on any atom is 0.143 e. The number of nitriles is 1. The van der Waals surface area contributed by atoms with Crippen LogP contribution in [0.4, 0.5) is 10.1 Å². The SMILES string of the molecule is C[C@@H](CO)Nc1cccc(F)c1C#N. The zero-order valence-electron chi connectivity index (χ0n) is 7.79. The van der Waals surface area contributed by atoms with Gasteiger partial charge in [-0.05, 0) is 19.1 Å². The van der Waals surface area contributed by atoms with E-state index in [9.17, 15) is 4.39 Å². The molecule has 2 N–H and O–H groups in total. The van der Waals surface area contributed by atoms with E-state index in [0.29, 0.717) is 5.69 Å². The van der Waals surface area contributed by atoms with Gasteiger partial charge in [0.05, 0.1) is 12.3 Å². The number of aliphatic hydroxyl groups excluding tert-OH is 1. The van der Waals surface area contributed by atoms with E-state index in [4.69, 9.17) is 10.4 Å². The van der Waals surface area contributed by atoms with Crippen LogP contribution >= 0.6 is 0 Å². The maximum atomic E-state index is 13.1. The van der Waals surface area contributed by atoms with Gasteiger partial charge < -0.3 is 10.4 Å². The summed E-state index contributed by atoms with van der Waals surface area (Å²) in [5, 5.41) is 20.3. The van der Waals surface area contributed by atoms with Crippen molar-refractivity contribution in [1.82, 2.24) is 0 Å². The first kappa shape index (κ1) is 10.5. The molecule has 0 saturated carbocycles. The van der Waals surface area contributed by atoms with Gasteiger partial charge in [0.2, 0.25) is 0 Å². The van der Waals surface area contributed by atoms with E-state index < -0.39 is 5.82 Å². The monoisotopic (exact) mass is 194 g/mol. The van der Waals surface area contributed by atoms with Gasteiger partial charge in [-0.2, -0.15) is 5.26 Å². The second kappa shape index (κ2) is 4.58. The molecule has 0 radical (unpaired) electrons. The molecule has 0 fully saturated rings. The van der Waals surface area contributed by atoms with Crippen molar-refractivity contribution in [2.24, 2.45) is 0 Å². The molecule has 14 heavy (non-hydrogen) atoms. The summed E-state index contributed by atoms with van der Waals surface area (Å²) in [6.45, 7) is 1.67. The molecule has 1 atom stereocenters. The van der Waals surface area contributed by atoms with Crippen LogP contribution in [0.3, 0.4) is 0 Å². The number of hydrogen-bond donors (Lipinski definition) is 2. The van der Waals surface area contributed by atoms with Gasteiger partial charge >= 0.3 is 0 Å². The maximum absolute atomic E-state index is 13.1. The molecule has 4 heteroatoms. The van der Waals surface area contributed by atoms with E-state index >= 15 is 0 Å². The Labute approximate surface area is 81.8 Å². The molecule has 74 valence electrons. The molecule has 0 aromatic heterocycles. The van der Waals surface area contributed by atoms with Gasteiger partial charge in [0, 0.05) is 6.04 Å². The summed E-state index contributed by atoms with van der Waals surface area (Å²) >= 11 is 0. The zero-order chi connectivity index (χ0) is 10.6. The molecule has 0 heterocycles. The Bertz CT molecular complexity index is 360. The molecule has 1 rings (SSSR count). The van der Waals surface area contributed by atoms with Crippen LogP contribution in [-0.4, -0.2) is 17.8 Å². The predicted molar refractivity (Wildman–Crippen MR) is 51.3 cm³/mol. The zero-order valence-corrected chi connectivity index (χ0v) is 7.79. The second-order valence-corrected chi connectivity index (χ2v) is 3.00. The highest BCUT2D eigenvalue weighted by Gasteiger charge is 2.08. The number of aliphatic hydroxyl groups is 1. The predicted octanol–water partition coefficient (Wildman–Crippen LogP) is 1.49. The van der Waals surface area contributed by atoms with E-state index in [1.807, 2.05) is 0 Å². The Balaban J connectivity index is 2.98. The van der Waals surface area contributed by atoms with Crippen molar-refractivity contribution in [3.05, 3.63) is 29.6 Å². The Hall–Kier alpha value is -1.60. The van der Waals surface area contributed by atoms with E-state index in [2.05, 4.69) is 5.32 Å². The van der Waals surface area contributed by atoms with Gasteiger partial charge in [0.15, 0.2) is 0 Å². The van der Waals surface area contributed by atoms with Gasteiger partial charge in [-0.25, -0.2) is 4.39 Å². The molecule has 0 bridgehead atoms. The number of nitrogens with zero attached hydrogens (tertiary/aromatic N) is 1. The lowest BCUT2D eigenvalue weighted by molar-refractivity contribution is 0.281. The summed E-state index contributed by atoms with van der Waals surface area (Å²) < 4.78 is 13.1. The van der Waals surface area contributed by atoms with Crippen LogP contribution in [0.25, 0.3) is 0 Å². The van der Waals surface area contributed by atoms with Gasteiger partial charge in [-0.15, -0.1) is 0 Å². The number of anilines is 1. The largest absolute Gasteiger partial charge is 0.394 e. The molecule has 3 nitrogen and oxygen atoms in total. The minimum absolute atomic E-state index is 0.0206. The molecule has 0 spiro atoms. The third-order valence-corrected chi connectivity index (χ3v) is 1.80. The summed E-state index contributed by atoms with van der Waals surface area (Å²) in [5.41, 5.74) is 0.391. The summed E-state index contributed by atoms with van der Waals surface area (Å²) in [7, 11) is 0. The molecule has 0 aliphatic rings. The van der Waals surface area contributed by atoms with Gasteiger partial charge in [-0.3, -0.25) is 0 Å². The number of hydrogen-bond acceptors (Lipinski definition) is 3. The normalized spacial score (nSPS) is 11.9. The first-order valence-corrected chi connectivity index (χ1v) is 4.25. The molecule has 0 amide bonds. The summed E-state index contributed by atoms with van der Waals surface area (Å²) in [5.74, 6) is -0.553. The van der Waals surface area contributed by atoms with Crippen molar-refractivity contribution >= 4 is 5.69 Å². The van der Waals surface area contributed by atoms with Crippen molar-refractivity contribution in [1.29, 1.82) is 5.26 Å². The average molecular weight is 194 g/mol. The highest BCUT2D eigenvalue weighted by molar-refractivity contribution is 5.58. The lowest BCUT2D eigenvalue weighted by atomic mass is 10.1. The van der Waals surface area contributed by atoms with Gasteiger partial charge in [0.1, 0.15) is 17.4 Å². The fourth-order valence-electron chi connectivity index (χ4n) is 1.07. The van der Waals surface area contributed by atoms with Crippen LogP contribution in [0.1, 0.15) is 12.5 Å². The topological polar surface area (TPSA) is 56.0 Å². The third-order valence-electron chi connectivity index (χ3n) is 1.80. The highest BCUT2D eigenvalue weighted by atomic mass is 19.1. The molecular weight excluding hydrogens is 183 g/mol. The molecular formula is C10H11FN2O. The molecule has 1 aromatic rings. The van der Waals surface area contributed by atoms with E-state index in [1.54, 1.807) is 19.1 Å². The van der Waals surface area contributed by atoms with Crippen molar-refractivity contribution in [3.63, 3.8) is 0 Å². The number of halogens is 1. The standard InChI is InChI=1S/C10H11FN2O/c1-7(6-14)13-10-4-2-3-9(11)8(10)5-12/h2-4,7,13-14H,6H2,1H3/t7-/m0/s1. The summed E-state index contributed by atoms with van der Waals surface area (Å²) in [6, 6.07) is 5.92. The van der Waals surface area contributed by atoms with Crippen molar-refractivity contribution < 1.29 is 9.50 Å². The fraction of sp³-hybridized carbons (Fsp3) is 0.300. The first-order valence-electron chi connectivity index (χ1n) is 4.25. The van der Waals surface area contributed by atoms with Crippen LogP contribution in [0.2, 0.25) is 0 Å². The van der Waals surface area contributed by atoms with Crippen LogP contribution < -0.4 is 5.32 Å². The van der Waals surface area contributed by atoms with Crippen molar-refractivity contribution in [2.75, 3.05) is 11.9 Å². The average Bonchev–Trinajstić information content (AvgIpc) is 2.18. The van der Waals surface area contributed by atoms with E-state index in [0.717, 1.165) is 0 Å². The van der Waals surface area contributed by atoms with Crippen LogP contribution in [0.15, 0.2) is 18.2 Å². The fourth-order valence-corrected chi connectivity index (χ4v) is 1.07. The van der Waals surface area contributed by atoms with Crippen LogP contribution in [0, 0.1) is 17.1 Å². The molecule has 0 aliphatic heterocycles. The Morgan fingerprint density at radius 1 is 1.64 bits per heavy atom. The lowest BCUT2D eigenvalue weighted by Gasteiger charge is -2.13. The van der Waals surface area contributed by atoms with Crippen molar-refractivity contribution in [3.8, 4) is 6.07 Å². The highest BCUT2D eigenvalue weighted by Crippen LogP contribution is 2.18. The van der Waals surface area contributed by atoms with Crippen LogP contribution in [-0.2, 0) is 0 Å². The van der Waals surface area contributed by atoms with Crippen LogP contribution in [0.5, 0.6) is 0 Å². The summed E-state index contributed by atoms with van der Waals surface area (Å²) in [6.07, 6.45) is 0. The quantitative estimate of drug-likeness (QED) is 0.766. The smallest absolute Gasteiger partial charge is 0.143 e. The first-order chi connectivity index (χ1) is 6.69. The molecule has 1 aromatic carbocycles. The minimum Gasteiger partial charge on any atom is -0.394 e. The second-order valence-electron chi connectivity index (χ2n) is 3.00. The van der Waals surface area contributed by atoms with E-state index in [1.165, 1.54) is 12.1 Å². The third kappa shape index (κ3) is 2.21.